The zero-order valence-corrected chi connectivity index (χ0v) is 16.8. The normalized spacial score (nSPS) is 14.2. The Kier molecular flexibility index (Phi) is 6.09. The number of hydrogen-bond acceptors (Lipinski definition) is 2. The number of anilines is 1. The average Bonchev–Trinajstić information content (AvgIpc) is 2.81. The predicted molar refractivity (Wildman–Crippen MR) is 119 cm³/mol. The van der Waals surface area contributed by atoms with E-state index in [-0.39, 0.29) is 18.0 Å². The van der Waals surface area contributed by atoms with Gasteiger partial charge in [0.25, 0.3) is 5.91 Å². The van der Waals surface area contributed by atoms with Gasteiger partial charge in [0.2, 0.25) is 0 Å². The number of nitrogens with one attached hydrogen (secondary N) is 2. The second-order valence-corrected chi connectivity index (χ2v) is 7.47. The fraction of sp³-hybridized carbons (Fsp3) is 0.200. The Labute approximate surface area is 176 Å². The van der Waals surface area contributed by atoms with Gasteiger partial charge in [-0.2, -0.15) is 0 Å². The fourth-order valence-electron chi connectivity index (χ4n) is 3.66. The summed E-state index contributed by atoms with van der Waals surface area (Å²) in [4.78, 5) is 26.8. The van der Waals surface area contributed by atoms with Gasteiger partial charge >= 0.3 is 6.03 Å². The number of likely N-dealkylation sites (tertiary alicyclic amines) is 1. The number of hydrogen-bond donors (Lipinski definition) is 2. The number of rotatable bonds is 4. The van der Waals surface area contributed by atoms with E-state index in [0.29, 0.717) is 18.7 Å². The van der Waals surface area contributed by atoms with Gasteiger partial charge in [0.1, 0.15) is 0 Å². The number of urea groups is 1. The van der Waals surface area contributed by atoms with Crippen molar-refractivity contribution in [3.05, 3.63) is 90.5 Å². The molecule has 1 fully saturated rings. The summed E-state index contributed by atoms with van der Waals surface area (Å²) < 4.78 is 0. The van der Waals surface area contributed by atoms with E-state index in [2.05, 4.69) is 22.8 Å². The van der Waals surface area contributed by atoms with Gasteiger partial charge in [0.05, 0.1) is 0 Å². The minimum absolute atomic E-state index is 0.0678. The van der Waals surface area contributed by atoms with E-state index in [1.165, 1.54) is 0 Å². The first kappa shape index (κ1) is 19.7. The molecule has 0 bridgehead atoms. The lowest BCUT2D eigenvalue weighted by Crippen LogP contribution is -2.47. The van der Waals surface area contributed by atoms with E-state index in [1.807, 2.05) is 72.8 Å². The molecule has 30 heavy (non-hydrogen) atoms. The lowest BCUT2D eigenvalue weighted by atomic mass is 10.0. The van der Waals surface area contributed by atoms with Crippen LogP contribution < -0.4 is 10.6 Å². The SMILES string of the molecule is O=C(NC1CCN(C(=O)Nc2ccccc2)CC1)c1ccc(-c2ccccc2)cc1. The monoisotopic (exact) mass is 399 g/mol. The van der Waals surface area contributed by atoms with Crippen molar-refractivity contribution in [3.63, 3.8) is 0 Å². The van der Waals surface area contributed by atoms with Crippen LogP contribution in [-0.4, -0.2) is 36.0 Å². The molecule has 152 valence electrons. The molecule has 1 aliphatic rings. The minimum atomic E-state index is -0.0949. The van der Waals surface area contributed by atoms with Crippen LogP contribution in [0.25, 0.3) is 11.1 Å². The number of amides is 3. The van der Waals surface area contributed by atoms with Gasteiger partial charge in [-0.3, -0.25) is 4.79 Å². The lowest BCUT2D eigenvalue weighted by Gasteiger charge is -2.32. The highest BCUT2D eigenvalue weighted by Gasteiger charge is 2.24. The highest BCUT2D eigenvalue weighted by atomic mass is 16.2. The third-order valence-electron chi connectivity index (χ3n) is 5.40. The molecule has 1 heterocycles. The molecular weight excluding hydrogens is 374 g/mol. The molecule has 1 saturated heterocycles. The summed E-state index contributed by atoms with van der Waals surface area (Å²) in [7, 11) is 0. The van der Waals surface area contributed by atoms with Crippen LogP contribution in [0.2, 0.25) is 0 Å². The maximum absolute atomic E-state index is 12.6. The molecular formula is C25H25N3O2. The Balaban J connectivity index is 1.27. The number of carbonyl (C=O) groups is 2. The van der Waals surface area contributed by atoms with Crippen molar-refractivity contribution in [1.29, 1.82) is 0 Å². The zero-order chi connectivity index (χ0) is 20.8. The van der Waals surface area contributed by atoms with Gasteiger partial charge < -0.3 is 15.5 Å². The fourth-order valence-corrected chi connectivity index (χ4v) is 3.66. The molecule has 0 aliphatic carbocycles. The first-order valence-electron chi connectivity index (χ1n) is 10.3. The average molecular weight is 399 g/mol. The Bertz CT molecular complexity index is 980. The topological polar surface area (TPSA) is 61.4 Å². The van der Waals surface area contributed by atoms with E-state index < -0.39 is 0 Å². The molecule has 0 spiro atoms. The Morgan fingerprint density at radius 3 is 1.93 bits per heavy atom. The van der Waals surface area contributed by atoms with Crippen LogP contribution in [0.15, 0.2) is 84.9 Å². The van der Waals surface area contributed by atoms with Crippen molar-refractivity contribution < 1.29 is 9.59 Å². The third kappa shape index (κ3) is 4.87. The zero-order valence-electron chi connectivity index (χ0n) is 16.8. The summed E-state index contributed by atoms with van der Waals surface area (Å²) in [5.41, 5.74) is 3.66. The first-order valence-corrected chi connectivity index (χ1v) is 10.3. The molecule has 5 heteroatoms. The van der Waals surface area contributed by atoms with Crippen molar-refractivity contribution in [1.82, 2.24) is 10.2 Å². The van der Waals surface area contributed by atoms with Gasteiger partial charge in [-0.1, -0.05) is 60.7 Å². The second kappa shape index (κ2) is 9.27. The minimum Gasteiger partial charge on any atom is -0.349 e. The van der Waals surface area contributed by atoms with E-state index in [4.69, 9.17) is 0 Å². The van der Waals surface area contributed by atoms with Crippen molar-refractivity contribution in [2.75, 3.05) is 18.4 Å². The molecule has 2 N–H and O–H groups in total. The molecule has 3 aromatic rings. The molecule has 0 saturated carbocycles. The molecule has 0 atom stereocenters. The summed E-state index contributed by atoms with van der Waals surface area (Å²) in [6.45, 7) is 1.24. The van der Waals surface area contributed by atoms with E-state index in [9.17, 15) is 9.59 Å². The van der Waals surface area contributed by atoms with Crippen molar-refractivity contribution in [2.24, 2.45) is 0 Å². The number of para-hydroxylation sites is 1. The molecule has 4 rings (SSSR count). The molecule has 5 nitrogen and oxygen atoms in total. The molecule has 0 radical (unpaired) electrons. The summed E-state index contributed by atoms with van der Waals surface area (Å²) in [5.74, 6) is -0.0678. The summed E-state index contributed by atoms with van der Waals surface area (Å²) in [6.07, 6.45) is 1.49. The number of carbonyl (C=O) groups excluding carboxylic acids is 2. The second-order valence-electron chi connectivity index (χ2n) is 7.47. The van der Waals surface area contributed by atoms with E-state index in [1.54, 1.807) is 4.90 Å². The Morgan fingerprint density at radius 1 is 0.733 bits per heavy atom. The maximum Gasteiger partial charge on any atom is 0.321 e. The standard InChI is InChI=1S/C25H25N3O2/c29-24(21-13-11-20(12-14-21)19-7-3-1-4-8-19)26-23-15-17-28(18-16-23)25(30)27-22-9-5-2-6-10-22/h1-14,23H,15-18H2,(H,26,29)(H,27,30). The van der Waals surface area contributed by atoms with Crippen LogP contribution in [0.1, 0.15) is 23.2 Å². The summed E-state index contributed by atoms with van der Waals surface area (Å²) in [6, 6.07) is 27.2. The smallest absolute Gasteiger partial charge is 0.321 e. The van der Waals surface area contributed by atoms with E-state index >= 15 is 0 Å². The lowest BCUT2D eigenvalue weighted by molar-refractivity contribution is 0.0919. The number of piperidine rings is 1. The summed E-state index contributed by atoms with van der Waals surface area (Å²) in [5, 5.41) is 6.02. The van der Waals surface area contributed by atoms with Gasteiger partial charge in [-0.15, -0.1) is 0 Å². The van der Waals surface area contributed by atoms with E-state index in [0.717, 1.165) is 29.7 Å². The van der Waals surface area contributed by atoms with Crippen molar-refractivity contribution in [2.45, 2.75) is 18.9 Å². The molecule has 0 unspecified atom stereocenters. The van der Waals surface area contributed by atoms with Gasteiger partial charge in [0.15, 0.2) is 0 Å². The quantitative estimate of drug-likeness (QED) is 0.663. The van der Waals surface area contributed by atoms with Crippen LogP contribution in [-0.2, 0) is 0 Å². The Morgan fingerprint density at radius 2 is 1.30 bits per heavy atom. The number of nitrogens with zero attached hydrogens (tertiary/aromatic N) is 1. The largest absolute Gasteiger partial charge is 0.349 e. The third-order valence-corrected chi connectivity index (χ3v) is 5.40. The van der Waals surface area contributed by atoms with Gasteiger partial charge in [0, 0.05) is 30.4 Å². The highest BCUT2D eigenvalue weighted by molar-refractivity contribution is 5.95. The molecule has 3 amide bonds. The van der Waals surface area contributed by atoms with Gasteiger partial charge in [-0.05, 0) is 48.2 Å². The van der Waals surface area contributed by atoms with Crippen molar-refractivity contribution in [3.8, 4) is 11.1 Å². The van der Waals surface area contributed by atoms with Gasteiger partial charge in [-0.25, -0.2) is 4.79 Å². The molecule has 3 aromatic carbocycles. The van der Waals surface area contributed by atoms with Crippen LogP contribution in [0.5, 0.6) is 0 Å². The highest BCUT2D eigenvalue weighted by Crippen LogP contribution is 2.20. The maximum atomic E-state index is 12.6. The first-order chi connectivity index (χ1) is 14.7. The van der Waals surface area contributed by atoms with Crippen molar-refractivity contribution >= 4 is 17.6 Å². The van der Waals surface area contributed by atoms with Crippen LogP contribution in [0, 0.1) is 0 Å². The molecule has 0 aromatic heterocycles. The van der Waals surface area contributed by atoms with Crippen LogP contribution >= 0.6 is 0 Å². The Hall–Kier alpha value is -3.60. The summed E-state index contributed by atoms with van der Waals surface area (Å²) >= 11 is 0. The predicted octanol–water partition coefficient (Wildman–Crippen LogP) is 4.78. The number of benzene rings is 3. The molecule has 1 aliphatic heterocycles. The van der Waals surface area contributed by atoms with Crippen LogP contribution in [0.3, 0.4) is 0 Å². The van der Waals surface area contributed by atoms with Crippen LogP contribution in [0.4, 0.5) is 10.5 Å².